The van der Waals surface area contributed by atoms with Crippen molar-refractivity contribution in [1.82, 2.24) is 0 Å². The normalized spacial score (nSPS) is 11.7. The monoisotopic (exact) mass is 313 g/mol. The molecule has 122 valence electrons. The average Bonchev–Trinajstić information content (AvgIpc) is 2.50. The third-order valence-corrected chi connectivity index (χ3v) is 3.42. The Bertz CT molecular complexity index is 682. The van der Waals surface area contributed by atoms with Gasteiger partial charge in [0.2, 0.25) is 0 Å². The minimum absolute atomic E-state index is 0.196. The number of ether oxygens (including phenoxy) is 2. The van der Waals surface area contributed by atoms with Crippen LogP contribution in [0.4, 0.5) is 5.69 Å². The van der Waals surface area contributed by atoms with E-state index in [0.29, 0.717) is 12.3 Å². The first kappa shape index (κ1) is 16.9. The number of hydrogen-bond acceptors (Lipinski definition) is 3. The zero-order valence-electron chi connectivity index (χ0n) is 14.1. The highest BCUT2D eigenvalue weighted by molar-refractivity contribution is 5.94. The number of anilines is 1. The number of hydrogen-bond donors (Lipinski definition) is 1. The minimum Gasteiger partial charge on any atom is -0.494 e. The van der Waals surface area contributed by atoms with E-state index in [1.807, 2.05) is 57.2 Å². The van der Waals surface area contributed by atoms with Gasteiger partial charge in [0.1, 0.15) is 11.5 Å². The molecule has 2 rings (SSSR count). The van der Waals surface area contributed by atoms with Gasteiger partial charge in [-0.25, -0.2) is 0 Å². The lowest BCUT2D eigenvalue weighted by Crippen LogP contribution is -2.30. The molecule has 0 aliphatic carbocycles. The Morgan fingerprint density at radius 2 is 1.96 bits per heavy atom. The third kappa shape index (κ3) is 4.74. The highest BCUT2D eigenvalue weighted by atomic mass is 16.5. The number of amides is 1. The largest absolute Gasteiger partial charge is 0.494 e. The summed E-state index contributed by atoms with van der Waals surface area (Å²) >= 11 is 0. The summed E-state index contributed by atoms with van der Waals surface area (Å²) in [5, 5.41) is 2.85. The summed E-state index contributed by atoms with van der Waals surface area (Å²) in [7, 11) is 0. The van der Waals surface area contributed by atoms with E-state index in [-0.39, 0.29) is 5.91 Å². The van der Waals surface area contributed by atoms with E-state index in [1.54, 1.807) is 13.0 Å². The molecule has 1 N–H and O–H groups in total. The summed E-state index contributed by atoms with van der Waals surface area (Å²) in [5.41, 5.74) is 2.87. The Kier molecular flexibility index (Phi) is 5.63. The molecule has 0 spiro atoms. The summed E-state index contributed by atoms with van der Waals surface area (Å²) in [4.78, 5) is 12.3. The van der Waals surface area contributed by atoms with Gasteiger partial charge in [0, 0.05) is 11.8 Å². The lowest BCUT2D eigenvalue weighted by atomic mass is 10.1. The van der Waals surface area contributed by atoms with Crippen molar-refractivity contribution in [2.24, 2.45) is 0 Å². The van der Waals surface area contributed by atoms with Crippen molar-refractivity contribution in [2.75, 3.05) is 11.9 Å². The summed E-state index contributed by atoms with van der Waals surface area (Å²) in [5.74, 6) is 1.26. The summed E-state index contributed by atoms with van der Waals surface area (Å²) < 4.78 is 11.2. The molecule has 1 amide bonds. The summed E-state index contributed by atoms with van der Waals surface area (Å²) in [6.07, 6.45) is -0.591. The third-order valence-electron chi connectivity index (χ3n) is 3.42. The standard InChI is InChI=1S/C19H23NO3/c1-5-22-17-8-6-7-16(12-17)20-19(21)15(4)23-18-10-9-13(2)11-14(18)3/h6-12,15H,5H2,1-4H3,(H,20,21)/t15-/m1/s1. The van der Waals surface area contributed by atoms with E-state index in [4.69, 9.17) is 9.47 Å². The highest BCUT2D eigenvalue weighted by Gasteiger charge is 2.16. The Hall–Kier alpha value is -2.49. The van der Waals surface area contributed by atoms with Crippen molar-refractivity contribution < 1.29 is 14.3 Å². The molecule has 0 saturated heterocycles. The number of carbonyl (C=O) groups excluding carboxylic acids is 1. The zero-order valence-corrected chi connectivity index (χ0v) is 14.1. The molecule has 0 unspecified atom stereocenters. The van der Waals surface area contributed by atoms with Crippen LogP contribution in [0.3, 0.4) is 0 Å². The number of rotatable bonds is 6. The summed E-state index contributed by atoms with van der Waals surface area (Å²) in [6.45, 7) is 8.24. The molecular weight excluding hydrogens is 290 g/mol. The van der Waals surface area contributed by atoms with Crippen LogP contribution < -0.4 is 14.8 Å². The maximum Gasteiger partial charge on any atom is 0.265 e. The fourth-order valence-corrected chi connectivity index (χ4v) is 2.25. The number of benzene rings is 2. The molecule has 2 aromatic carbocycles. The van der Waals surface area contributed by atoms with Gasteiger partial charge in [-0.2, -0.15) is 0 Å². The fourth-order valence-electron chi connectivity index (χ4n) is 2.25. The predicted octanol–water partition coefficient (Wildman–Crippen LogP) is 4.11. The molecule has 0 aliphatic rings. The quantitative estimate of drug-likeness (QED) is 0.873. The lowest BCUT2D eigenvalue weighted by molar-refractivity contribution is -0.122. The van der Waals surface area contributed by atoms with Crippen molar-refractivity contribution in [2.45, 2.75) is 33.8 Å². The van der Waals surface area contributed by atoms with Crippen LogP contribution in [0, 0.1) is 13.8 Å². The van der Waals surface area contributed by atoms with E-state index in [0.717, 1.165) is 17.1 Å². The maximum atomic E-state index is 12.3. The van der Waals surface area contributed by atoms with Gasteiger partial charge in [-0.05, 0) is 51.5 Å². The van der Waals surface area contributed by atoms with Crippen molar-refractivity contribution >= 4 is 11.6 Å². The molecule has 0 bridgehead atoms. The first-order chi connectivity index (χ1) is 11.0. The van der Waals surface area contributed by atoms with Gasteiger partial charge in [0.15, 0.2) is 6.10 Å². The van der Waals surface area contributed by atoms with Crippen LogP contribution in [-0.2, 0) is 4.79 Å². The summed E-state index contributed by atoms with van der Waals surface area (Å²) in [6, 6.07) is 13.2. The van der Waals surface area contributed by atoms with Crippen molar-refractivity contribution in [3.05, 3.63) is 53.6 Å². The Morgan fingerprint density at radius 1 is 1.17 bits per heavy atom. The van der Waals surface area contributed by atoms with Gasteiger partial charge in [0.25, 0.3) is 5.91 Å². The van der Waals surface area contributed by atoms with Crippen LogP contribution in [0.15, 0.2) is 42.5 Å². The van der Waals surface area contributed by atoms with E-state index < -0.39 is 6.10 Å². The first-order valence-corrected chi connectivity index (χ1v) is 7.77. The van der Waals surface area contributed by atoms with Crippen LogP contribution in [-0.4, -0.2) is 18.6 Å². The van der Waals surface area contributed by atoms with E-state index in [9.17, 15) is 4.79 Å². The van der Waals surface area contributed by atoms with Gasteiger partial charge in [-0.1, -0.05) is 23.8 Å². The SMILES string of the molecule is CCOc1cccc(NC(=O)[C@@H](C)Oc2ccc(C)cc2C)c1. The van der Waals surface area contributed by atoms with Crippen LogP contribution in [0.2, 0.25) is 0 Å². The number of nitrogens with one attached hydrogen (secondary N) is 1. The fraction of sp³-hybridized carbons (Fsp3) is 0.316. The van der Waals surface area contributed by atoms with Crippen molar-refractivity contribution in [3.8, 4) is 11.5 Å². The van der Waals surface area contributed by atoms with Crippen LogP contribution in [0.25, 0.3) is 0 Å². The first-order valence-electron chi connectivity index (χ1n) is 7.77. The molecule has 0 aliphatic heterocycles. The average molecular weight is 313 g/mol. The second-order valence-electron chi connectivity index (χ2n) is 5.48. The maximum absolute atomic E-state index is 12.3. The Balaban J connectivity index is 2.01. The Morgan fingerprint density at radius 3 is 2.65 bits per heavy atom. The molecule has 23 heavy (non-hydrogen) atoms. The van der Waals surface area contributed by atoms with Gasteiger partial charge in [0.05, 0.1) is 6.61 Å². The highest BCUT2D eigenvalue weighted by Crippen LogP contribution is 2.21. The van der Waals surface area contributed by atoms with Gasteiger partial charge in [-0.3, -0.25) is 4.79 Å². The second kappa shape index (κ2) is 7.68. The number of aryl methyl sites for hydroxylation is 2. The van der Waals surface area contributed by atoms with Crippen LogP contribution in [0.5, 0.6) is 11.5 Å². The molecule has 0 saturated carbocycles. The number of carbonyl (C=O) groups is 1. The van der Waals surface area contributed by atoms with Gasteiger partial charge >= 0.3 is 0 Å². The molecule has 0 radical (unpaired) electrons. The van der Waals surface area contributed by atoms with Crippen LogP contribution in [0.1, 0.15) is 25.0 Å². The minimum atomic E-state index is -0.591. The molecule has 1 atom stereocenters. The molecule has 4 heteroatoms. The van der Waals surface area contributed by atoms with E-state index in [2.05, 4.69) is 5.32 Å². The van der Waals surface area contributed by atoms with E-state index in [1.165, 1.54) is 5.56 Å². The second-order valence-corrected chi connectivity index (χ2v) is 5.48. The lowest BCUT2D eigenvalue weighted by Gasteiger charge is -2.17. The topological polar surface area (TPSA) is 47.6 Å². The molecule has 0 aromatic heterocycles. The van der Waals surface area contributed by atoms with E-state index >= 15 is 0 Å². The Labute approximate surface area is 137 Å². The molecule has 2 aromatic rings. The molecular formula is C19H23NO3. The van der Waals surface area contributed by atoms with Crippen molar-refractivity contribution in [3.63, 3.8) is 0 Å². The molecule has 4 nitrogen and oxygen atoms in total. The molecule has 0 heterocycles. The van der Waals surface area contributed by atoms with Crippen LogP contribution >= 0.6 is 0 Å². The predicted molar refractivity (Wildman–Crippen MR) is 92.2 cm³/mol. The smallest absolute Gasteiger partial charge is 0.265 e. The molecule has 0 fully saturated rings. The van der Waals surface area contributed by atoms with Gasteiger partial charge in [-0.15, -0.1) is 0 Å². The zero-order chi connectivity index (χ0) is 16.8. The van der Waals surface area contributed by atoms with Gasteiger partial charge < -0.3 is 14.8 Å². The van der Waals surface area contributed by atoms with Crippen molar-refractivity contribution in [1.29, 1.82) is 0 Å².